The fourth-order valence-electron chi connectivity index (χ4n) is 3.66. The van der Waals surface area contributed by atoms with Crippen LogP contribution in [0.25, 0.3) is 11.1 Å². The van der Waals surface area contributed by atoms with E-state index in [9.17, 15) is 13.2 Å². The van der Waals surface area contributed by atoms with Crippen LogP contribution in [0, 0.1) is 11.3 Å². The summed E-state index contributed by atoms with van der Waals surface area (Å²) in [6.45, 7) is -0.296. The van der Waals surface area contributed by atoms with Crippen LogP contribution in [0.1, 0.15) is 36.0 Å². The van der Waals surface area contributed by atoms with Crippen LogP contribution in [0.5, 0.6) is 0 Å². The molecule has 3 aromatic rings. The Hall–Kier alpha value is -3.31. The second kappa shape index (κ2) is 12.2. The number of aryl methyl sites for hydroxylation is 1. The third-order valence-electron chi connectivity index (χ3n) is 5.48. The summed E-state index contributed by atoms with van der Waals surface area (Å²) < 4.78 is 26.6. The van der Waals surface area contributed by atoms with Crippen LogP contribution in [0.2, 0.25) is 0 Å². The Kier molecular flexibility index (Phi) is 9.11. The lowest BCUT2D eigenvalue weighted by Gasteiger charge is -2.08. The van der Waals surface area contributed by atoms with Crippen LogP contribution in [0.15, 0.2) is 77.7 Å². The van der Waals surface area contributed by atoms with Crippen molar-refractivity contribution in [1.82, 2.24) is 4.72 Å². The third kappa shape index (κ3) is 7.35. The number of hydrogen-bond donors (Lipinski definition) is 2. The summed E-state index contributed by atoms with van der Waals surface area (Å²) in [4.78, 5) is 12.6. The fraction of sp³-hybridized carbons (Fsp3) is 0.259. The number of Topliss-reactive ketones (excluding diaryl/α,β-unsaturated/α-hetero) is 1. The first-order chi connectivity index (χ1) is 16.4. The van der Waals surface area contributed by atoms with E-state index < -0.39 is 10.0 Å². The van der Waals surface area contributed by atoms with Gasteiger partial charge in [-0.05, 0) is 65.8 Å². The van der Waals surface area contributed by atoms with Gasteiger partial charge in [-0.25, -0.2) is 13.1 Å². The Morgan fingerprint density at radius 1 is 0.912 bits per heavy atom. The zero-order chi connectivity index (χ0) is 24.4. The smallest absolute Gasteiger partial charge is 0.240 e. The van der Waals surface area contributed by atoms with Gasteiger partial charge in [0.2, 0.25) is 10.0 Å². The SMILES string of the molecule is N#Cc1ccc(CCCCC(=O)Cc2cccc(-c3ccc(S(=O)(=O)NCCO)cc3)c2)cc1. The minimum atomic E-state index is -3.65. The molecule has 0 unspecified atom stereocenters. The van der Waals surface area contributed by atoms with E-state index in [2.05, 4.69) is 10.8 Å². The van der Waals surface area contributed by atoms with Gasteiger partial charge in [-0.1, -0.05) is 48.5 Å². The van der Waals surface area contributed by atoms with E-state index in [1.807, 2.05) is 48.5 Å². The van der Waals surface area contributed by atoms with Gasteiger partial charge in [-0.2, -0.15) is 5.26 Å². The van der Waals surface area contributed by atoms with Crippen LogP contribution in [0.4, 0.5) is 0 Å². The highest BCUT2D eigenvalue weighted by Gasteiger charge is 2.13. The number of sulfonamides is 1. The maximum absolute atomic E-state index is 12.5. The van der Waals surface area contributed by atoms with Gasteiger partial charge in [0.25, 0.3) is 0 Å². The summed E-state index contributed by atoms with van der Waals surface area (Å²) in [5, 5.41) is 17.7. The van der Waals surface area contributed by atoms with E-state index in [4.69, 9.17) is 10.4 Å². The van der Waals surface area contributed by atoms with E-state index in [0.29, 0.717) is 18.4 Å². The molecule has 2 N–H and O–H groups in total. The Balaban J connectivity index is 1.52. The Morgan fingerprint density at radius 3 is 2.32 bits per heavy atom. The first kappa shape index (κ1) is 25.3. The lowest BCUT2D eigenvalue weighted by atomic mass is 9.98. The number of benzene rings is 3. The maximum atomic E-state index is 12.5. The first-order valence-electron chi connectivity index (χ1n) is 11.2. The van der Waals surface area contributed by atoms with Gasteiger partial charge in [0, 0.05) is 19.4 Å². The quantitative estimate of drug-likeness (QED) is 0.384. The molecule has 0 aromatic heterocycles. The molecule has 0 aliphatic carbocycles. The van der Waals surface area contributed by atoms with Crippen molar-refractivity contribution in [1.29, 1.82) is 5.26 Å². The summed E-state index contributed by atoms with van der Waals surface area (Å²) >= 11 is 0. The number of nitrogens with zero attached hydrogens (tertiary/aromatic N) is 1. The molecular weight excluding hydrogens is 448 g/mol. The normalized spacial score (nSPS) is 11.2. The molecule has 0 fully saturated rings. The molecule has 0 saturated heterocycles. The molecule has 0 atom stereocenters. The lowest BCUT2D eigenvalue weighted by molar-refractivity contribution is -0.118. The van der Waals surface area contributed by atoms with Crippen LogP contribution < -0.4 is 4.72 Å². The van der Waals surface area contributed by atoms with Gasteiger partial charge in [-0.15, -0.1) is 0 Å². The number of carbonyl (C=O) groups excluding carboxylic acids is 1. The highest BCUT2D eigenvalue weighted by atomic mass is 32.2. The molecule has 0 spiro atoms. The summed E-state index contributed by atoms with van der Waals surface area (Å²) in [6.07, 6.45) is 3.50. The zero-order valence-corrected chi connectivity index (χ0v) is 19.7. The molecule has 176 valence electrons. The topological polar surface area (TPSA) is 107 Å². The Labute approximate surface area is 200 Å². The van der Waals surface area contributed by atoms with Gasteiger partial charge in [0.05, 0.1) is 23.1 Å². The van der Waals surface area contributed by atoms with Crippen molar-refractivity contribution in [3.05, 3.63) is 89.5 Å². The van der Waals surface area contributed by atoms with Crippen molar-refractivity contribution in [3.8, 4) is 17.2 Å². The van der Waals surface area contributed by atoms with Gasteiger partial charge < -0.3 is 5.11 Å². The third-order valence-corrected chi connectivity index (χ3v) is 6.96. The molecule has 0 heterocycles. The van der Waals surface area contributed by atoms with Crippen molar-refractivity contribution in [2.75, 3.05) is 13.2 Å². The summed E-state index contributed by atoms with van der Waals surface area (Å²) in [7, 11) is -3.65. The van der Waals surface area contributed by atoms with E-state index in [-0.39, 0.29) is 23.8 Å². The number of rotatable bonds is 12. The number of nitrogens with one attached hydrogen (secondary N) is 1. The standard InChI is InChI=1S/C27H28N2O4S/c28-20-22-10-8-21(9-11-22)4-1-2-7-26(31)19-23-5-3-6-25(18-23)24-12-14-27(15-13-24)34(32,33)29-16-17-30/h3,5-6,8-15,18,29-30H,1-2,4,7,16-17,19H2. The number of ketones is 1. The molecule has 7 heteroatoms. The van der Waals surface area contributed by atoms with Gasteiger partial charge in [-0.3, -0.25) is 4.79 Å². The average Bonchev–Trinajstić information content (AvgIpc) is 2.86. The predicted molar refractivity (Wildman–Crippen MR) is 132 cm³/mol. The molecule has 3 aromatic carbocycles. The van der Waals surface area contributed by atoms with Crippen LogP contribution in [-0.2, 0) is 27.7 Å². The van der Waals surface area contributed by atoms with Crippen molar-refractivity contribution in [2.45, 2.75) is 37.0 Å². The molecule has 0 amide bonds. The molecular formula is C27H28N2O4S. The zero-order valence-electron chi connectivity index (χ0n) is 18.9. The molecule has 0 bridgehead atoms. The summed E-state index contributed by atoms with van der Waals surface area (Å²) in [5.41, 5.74) is 4.52. The highest BCUT2D eigenvalue weighted by Crippen LogP contribution is 2.23. The molecule has 0 radical (unpaired) electrons. The maximum Gasteiger partial charge on any atom is 0.240 e. The van der Waals surface area contributed by atoms with E-state index in [0.717, 1.165) is 36.0 Å². The van der Waals surface area contributed by atoms with Crippen LogP contribution in [-0.4, -0.2) is 32.5 Å². The number of aliphatic hydroxyl groups excluding tert-OH is 1. The fourth-order valence-corrected chi connectivity index (χ4v) is 4.69. The number of carbonyl (C=O) groups is 1. The number of aliphatic hydroxyl groups is 1. The molecule has 0 aliphatic rings. The van der Waals surface area contributed by atoms with E-state index in [1.54, 1.807) is 12.1 Å². The van der Waals surface area contributed by atoms with Crippen LogP contribution >= 0.6 is 0 Å². The van der Waals surface area contributed by atoms with Gasteiger partial charge in [0.15, 0.2) is 0 Å². The van der Waals surface area contributed by atoms with Crippen molar-refractivity contribution >= 4 is 15.8 Å². The second-order valence-corrected chi connectivity index (χ2v) is 9.84. The minimum Gasteiger partial charge on any atom is -0.395 e. The molecule has 34 heavy (non-hydrogen) atoms. The first-order valence-corrected chi connectivity index (χ1v) is 12.7. The minimum absolute atomic E-state index is 0.0321. The number of hydrogen-bond acceptors (Lipinski definition) is 5. The second-order valence-electron chi connectivity index (χ2n) is 8.08. The summed E-state index contributed by atoms with van der Waals surface area (Å²) in [6, 6.07) is 23.9. The molecule has 6 nitrogen and oxygen atoms in total. The number of unbranched alkanes of at least 4 members (excludes halogenated alkanes) is 1. The Bertz CT molecular complexity index is 1250. The van der Waals surface area contributed by atoms with Gasteiger partial charge in [0.1, 0.15) is 5.78 Å². The van der Waals surface area contributed by atoms with Crippen LogP contribution in [0.3, 0.4) is 0 Å². The average molecular weight is 477 g/mol. The largest absolute Gasteiger partial charge is 0.395 e. The lowest BCUT2D eigenvalue weighted by Crippen LogP contribution is -2.26. The van der Waals surface area contributed by atoms with Crippen molar-refractivity contribution in [2.24, 2.45) is 0 Å². The summed E-state index contributed by atoms with van der Waals surface area (Å²) in [5.74, 6) is 0.188. The van der Waals surface area contributed by atoms with Crippen molar-refractivity contribution < 1.29 is 18.3 Å². The molecule has 0 aliphatic heterocycles. The predicted octanol–water partition coefficient (Wildman–Crippen LogP) is 4.02. The Morgan fingerprint density at radius 2 is 1.65 bits per heavy atom. The molecule has 3 rings (SSSR count). The van der Waals surface area contributed by atoms with Crippen molar-refractivity contribution in [3.63, 3.8) is 0 Å². The highest BCUT2D eigenvalue weighted by molar-refractivity contribution is 7.89. The number of nitriles is 1. The monoisotopic (exact) mass is 476 g/mol. The molecule has 0 saturated carbocycles. The van der Waals surface area contributed by atoms with Gasteiger partial charge >= 0.3 is 0 Å². The van der Waals surface area contributed by atoms with E-state index in [1.165, 1.54) is 17.7 Å². The van der Waals surface area contributed by atoms with E-state index >= 15 is 0 Å².